The summed E-state index contributed by atoms with van der Waals surface area (Å²) in [5.74, 6) is -0.0181. The normalized spacial score (nSPS) is 11.9. The van der Waals surface area contributed by atoms with Gasteiger partial charge in [0.15, 0.2) is 5.82 Å². The van der Waals surface area contributed by atoms with Crippen LogP contribution < -0.4 is 5.32 Å². The summed E-state index contributed by atoms with van der Waals surface area (Å²) >= 11 is 0. The molecular formula is C34H29FN8O2S. The van der Waals surface area contributed by atoms with Gasteiger partial charge in [-0.05, 0) is 52.9 Å². The second-order valence-electron chi connectivity index (χ2n) is 11.3. The van der Waals surface area contributed by atoms with Crippen LogP contribution in [0.3, 0.4) is 0 Å². The number of aryl methyl sites for hydroxylation is 1. The van der Waals surface area contributed by atoms with Gasteiger partial charge in [-0.3, -0.25) is 20.1 Å². The third-order valence-corrected chi connectivity index (χ3v) is 8.63. The van der Waals surface area contributed by atoms with Gasteiger partial charge in [-0.1, -0.05) is 36.4 Å². The van der Waals surface area contributed by atoms with Crippen molar-refractivity contribution >= 4 is 31.8 Å². The lowest BCUT2D eigenvalue weighted by atomic mass is 10.0. The highest BCUT2D eigenvalue weighted by molar-refractivity contribution is 7.90. The van der Waals surface area contributed by atoms with Crippen molar-refractivity contribution in [2.24, 2.45) is 0 Å². The Bertz CT molecular complexity index is 2300. The van der Waals surface area contributed by atoms with Gasteiger partial charge in [0.2, 0.25) is 0 Å². The van der Waals surface area contributed by atoms with Crippen LogP contribution >= 0.6 is 0 Å². The largest absolute Gasteiger partial charge is 0.335 e. The molecule has 0 radical (unpaired) electrons. The van der Waals surface area contributed by atoms with Crippen molar-refractivity contribution in [3.05, 3.63) is 114 Å². The molecule has 0 fully saturated rings. The van der Waals surface area contributed by atoms with E-state index in [0.717, 1.165) is 34.3 Å². The van der Waals surface area contributed by atoms with Crippen molar-refractivity contribution in [3.8, 4) is 33.9 Å². The molecule has 0 aliphatic rings. The van der Waals surface area contributed by atoms with Crippen LogP contribution in [0.4, 0.5) is 4.39 Å². The molecule has 7 rings (SSSR count). The Morgan fingerprint density at radius 1 is 0.826 bits per heavy atom. The Morgan fingerprint density at radius 2 is 1.63 bits per heavy atom. The van der Waals surface area contributed by atoms with Crippen molar-refractivity contribution in [2.45, 2.75) is 19.5 Å². The number of H-pyrrole nitrogens is 2. The Labute approximate surface area is 264 Å². The van der Waals surface area contributed by atoms with E-state index in [9.17, 15) is 12.8 Å². The van der Waals surface area contributed by atoms with Crippen LogP contribution in [-0.4, -0.2) is 55.5 Å². The summed E-state index contributed by atoms with van der Waals surface area (Å²) in [6, 6.07) is 18.8. The summed E-state index contributed by atoms with van der Waals surface area (Å²) in [7, 11) is -3.20. The van der Waals surface area contributed by atoms with E-state index in [1.165, 1.54) is 24.0 Å². The van der Waals surface area contributed by atoms with Gasteiger partial charge in [0.1, 0.15) is 21.3 Å². The molecule has 0 bridgehead atoms. The molecule has 0 unspecified atom stereocenters. The zero-order valence-corrected chi connectivity index (χ0v) is 25.6. The molecule has 0 spiro atoms. The van der Waals surface area contributed by atoms with E-state index < -0.39 is 15.7 Å². The first-order valence-electron chi connectivity index (χ1n) is 14.6. The van der Waals surface area contributed by atoms with Crippen molar-refractivity contribution < 1.29 is 12.8 Å². The lowest BCUT2D eigenvalue weighted by molar-refractivity contribution is 0.600. The number of aromatic nitrogens is 7. The Hall–Kier alpha value is -5.33. The van der Waals surface area contributed by atoms with Crippen LogP contribution in [0.15, 0.2) is 91.6 Å². The molecule has 0 atom stereocenters. The fourth-order valence-electron chi connectivity index (χ4n) is 5.44. The predicted octanol–water partition coefficient (Wildman–Crippen LogP) is 5.64. The van der Waals surface area contributed by atoms with Gasteiger partial charge in [-0.15, -0.1) is 0 Å². The molecular weight excluding hydrogens is 603 g/mol. The Kier molecular flexibility index (Phi) is 7.81. The van der Waals surface area contributed by atoms with E-state index in [1.54, 1.807) is 30.9 Å². The van der Waals surface area contributed by atoms with Crippen LogP contribution in [-0.2, 0) is 29.3 Å². The molecule has 0 aliphatic carbocycles. The third kappa shape index (κ3) is 6.39. The molecule has 5 aromatic heterocycles. The van der Waals surface area contributed by atoms with Crippen LogP contribution in [0.25, 0.3) is 55.8 Å². The van der Waals surface area contributed by atoms with Gasteiger partial charge < -0.3 is 10.3 Å². The molecule has 12 heteroatoms. The highest BCUT2D eigenvalue weighted by atomic mass is 32.2. The molecule has 10 nitrogen and oxygen atoms in total. The van der Waals surface area contributed by atoms with E-state index in [-0.39, 0.29) is 12.2 Å². The predicted molar refractivity (Wildman–Crippen MR) is 176 cm³/mol. The van der Waals surface area contributed by atoms with Crippen LogP contribution in [0.1, 0.15) is 16.7 Å². The molecule has 3 N–H and O–H groups in total. The van der Waals surface area contributed by atoms with Gasteiger partial charge in [-0.2, -0.15) is 5.10 Å². The molecule has 5 heterocycles. The molecule has 0 saturated heterocycles. The smallest absolute Gasteiger partial charge is 0.159 e. The second kappa shape index (κ2) is 12.2. The first-order chi connectivity index (χ1) is 22.3. The van der Waals surface area contributed by atoms with Gasteiger partial charge in [0, 0.05) is 54.4 Å². The Balaban J connectivity index is 1.19. The first-order valence-corrected chi connectivity index (χ1v) is 16.7. The molecule has 7 aromatic rings. The van der Waals surface area contributed by atoms with Crippen molar-refractivity contribution in [2.75, 3.05) is 12.0 Å². The van der Waals surface area contributed by atoms with Crippen LogP contribution in [0.2, 0.25) is 0 Å². The number of hydrogen-bond donors (Lipinski definition) is 3. The number of benzene rings is 2. The number of rotatable bonds is 10. The van der Waals surface area contributed by atoms with Crippen molar-refractivity contribution in [3.63, 3.8) is 0 Å². The highest BCUT2D eigenvalue weighted by Gasteiger charge is 2.18. The molecule has 46 heavy (non-hydrogen) atoms. The first kappa shape index (κ1) is 29.4. The minimum Gasteiger partial charge on any atom is -0.335 e. The number of halogens is 1. The zero-order valence-electron chi connectivity index (χ0n) is 24.8. The van der Waals surface area contributed by atoms with Gasteiger partial charge in [0.05, 0.1) is 40.4 Å². The number of nitrogens with one attached hydrogen (secondary N) is 3. The number of sulfone groups is 1. The van der Waals surface area contributed by atoms with E-state index in [0.29, 0.717) is 45.8 Å². The maximum Gasteiger partial charge on any atom is 0.159 e. The quantitative estimate of drug-likeness (QED) is 0.176. The average Bonchev–Trinajstić information content (AvgIpc) is 3.68. The van der Waals surface area contributed by atoms with E-state index in [1.807, 2.05) is 30.5 Å². The summed E-state index contributed by atoms with van der Waals surface area (Å²) < 4.78 is 38.0. The summed E-state index contributed by atoms with van der Waals surface area (Å²) in [6.45, 7) is 1.42. The van der Waals surface area contributed by atoms with E-state index in [2.05, 4.69) is 53.6 Å². The van der Waals surface area contributed by atoms with Crippen molar-refractivity contribution in [1.82, 2.24) is 40.4 Å². The topological polar surface area (TPSA) is 142 Å². The minimum atomic E-state index is -3.20. The summed E-state index contributed by atoms with van der Waals surface area (Å²) in [6.07, 6.45) is 10.0. The SMILES string of the molecule is CS(=O)(=O)CCc1cc(F)cc(-c2cncc3[nH]c(-c4n[nH]c5cnc(-c6cncc(CNCc7ccccc7)c6)cc45)nc23)c1. The number of aromatic amines is 2. The fourth-order valence-corrected chi connectivity index (χ4v) is 6.04. The van der Waals surface area contributed by atoms with Gasteiger partial charge in [0.25, 0.3) is 0 Å². The monoisotopic (exact) mass is 632 g/mol. The number of hydrogen-bond acceptors (Lipinski definition) is 8. The lowest BCUT2D eigenvalue weighted by Crippen LogP contribution is -2.12. The maximum atomic E-state index is 14.6. The number of fused-ring (bicyclic) bond motifs is 2. The minimum absolute atomic E-state index is 0.0700. The van der Waals surface area contributed by atoms with Gasteiger partial charge in [-0.25, -0.2) is 17.8 Å². The molecule has 2 aromatic carbocycles. The molecule has 0 aliphatic heterocycles. The Morgan fingerprint density at radius 3 is 2.48 bits per heavy atom. The number of pyridine rings is 3. The molecule has 230 valence electrons. The zero-order chi connectivity index (χ0) is 31.7. The molecule has 0 saturated carbocycles. The van der Waals surface area contributed by atoms with E-state index >= 15 is 0 Å². The van der Waals surface area contributed by atoms with Gasteiger partial charge >= 0.3 is 0 Å². The van der Waals surface area contributed by atoms with Crippen LogP contribution in [0, 0.1) is 5.82 Å². The van der Waals surface area contributed by atoms with Crippen molar-refractivity contribution in [1.29, 1.82) is 0 Å². The summed E-state index contributed by atoms with van der Waals surface area (Å²) in [5.41, 5.74) is 8.21. The second-order valence-corrected chi connectivity index (χ2v) is 13.5. The lowest BCUT2D eigenvalue weighted by Gasteiger charge is -2.07. The number of nitrogens with zero attached hydrogens (tertiary/aromatic N) is 5. The summed E-state index contributed by atoms with van der Waals surface area (Å²) in [5, 5.41) is 11.9. The maximum absolute atomic E-state index is 14.6. The number of imidazole rings is 1. The van der Waals surface area contributed by atoms with Crippen LogP contribution in [0.5, 0.6) is 0 Å². The van der Waals surface area contributed by atoms with E-state index in [4.69, 9.17) is 4.98 Å². The fraction of sp³-hybridized carbons (Fsp3) is 0.147. The average molecular weight is 633 g/mol. The summed E-state index contributed by atoms with van der Waals surface area (Å²) in [4.78, 5) is 21.6. The standard InChI is InChI=1S/C34H29FN8O2S/c1-46(44,45)8-7-22-9-24(12-26(35)11-22)28-18-38-19-31-32(28)41-34(40-31)33-27-13-29(39-20-30(27)42-43-33)25-10-23(16-37-17-25)15-36-14-21-5-3-2-4-6-21/h2-6,9-13,16-20,36H,7-8,14-15H2,1H3,(H,40,41)(H,42,43). The molecule has 0 amide bonds. The third-order valence-electron chi connectivity index (χ3n) is 7.69. The highest BCUT2D eigenvalue weighted by Crippen LogP contribution is 2.33.